The zero-order chi connectivity index (χ0) is 21.8. The van der Waals surface area contributed by atoms with Crippen molar-refractivity contribution in [3.05, 3.63) is 53.1 Å². The number of anilines is 1. The molecule has 0 aliphatic carbocycles. The van der Waals surface area contributed by atoms with E-state index in [1.165, 1.54) is 26.4 Å². The molecule has 0 radical (unpaired) electrons. The van der Waals surface area contributed by atoms with E-state index < -0.39 is 30.4 Å². The van der Waals surface area contributed by atoms with E-state index >= 15 is 0 Å². The largest absolute Gasteiger partial charge is 0.493 e. The highest BCUT2D eigenvalue weighted by Crippen LogP contribution is 2.34. The SMILES string of the molecule is C#CC(=O)Nc1cc(OC)c(OCN2C(=O)c3ccccc3C2=O)cc1C(=O)OC. The van der Waals surface area contributed by atoms with E-state index in [0.717, 1.165) is 4.90 Å². The van der Waals surface area contributed by atoms with E-state index in [2.05, 4.69) is 5.32 Å². The van der Waals surface area contributed by atoms with Gasteiger partial charge < -0.3 is 19.5 Å². The van der Waals surface area contributed by atoms with Gasteiger partial charge in [0.05, 0.1) is 36.6 Å². The van der Waals surface area contributed by atoms with E-state index in [0.29, 0.717) is 0 Å². The van der Waals surface area contributed by atoms with Crippen molar-refractivity contribution < 1.29 is 33.4 Å². The Morgan fingerprint density at radius 2 is 1.70 bits per heavy atom. The maximum Gasteiger partial charge on any atom is 0.340 e. The predicted octanol–water partition coefficient (Wildman–Crippen LogP) is 1.69. The lowest BCUT2D eigenvalue weighted by atomic mass is 10.1. The standard InChI is InChI=1S/C21H16N2O7/c1-4-18(24)22-15-10-16(28-2)17(9-14(15)21(27)29-3)30-11-23-19(25)12-7-5-6-8-13(12)20(23)26/h1,5-10H,11H2,2-3H3,(H,22,24). The number of amides is 3. The number of methoxy groups -OCH3 is 2. The van der Waals surface area contributed by atoms with E-state index in [-0.39, 0.29) is 33.9 Å². The fraction of sp³-hybridized carbons (Fsp3) is 0.143. The molecule has 0 bridgehead atoms. The second-order valence-electron chi connectivity index (χ2n) is 6.00. The van der Waals surface area contributed by atoms with Gasteiger partial charge in [-0.25, -0.2) is 9.69 Å². The van der Waals surface area contributed by atoms with Crippen molar-refractivity contribution in [2.75, 3.05) is 26.3 Å². The zero-order valence-electron chi connectivity index (χ0n) is 16.1. The van der Waals surface area contributed by atoms with Crippen LogP contribution in [-0.2, 0) is 9.53 Å². The molecule has 30 heavy (non-hydrogen) atoms. The van der Waals surface area contributed by atoms with Crippen molar-refractivity contribution in [2.24, 2.45) is 0 Å². The summed E-state index contributed by atoms with van der Waals surface area (Å²) < 4.78 is 15.6. The Balaban J connectivity index is 1.90. The van der Waals surface area contributed by atoms with Gasteiger partial charge in [0, 0.05) is 12.1 Å². The van der Waals surface area contributed by atoms with Crippen LogP contribution in [0, 0.1) is 12.3 Å². The highest BCUT2D eigenvalue weighted by Gasteiger charge is 2.35. The number of fused-ring (bicyclic) bond motifs is 1. The molecule has 1 N–H and O–H groups in total. The molecular formula is C21H16N2O7. The maximum absolute atomic E-state index is 12.5. The van der Waals surface area contributed by atoms with Gasteiger partial charge in [-0.1, -0.05) is 12.1 Å². The molecule has 0 fully saturated rings. The minimum atomic E-state index is -0.776. The Bertz CT molecular complexity index is 1070. The zero-order valence-corrected chi connectivity index (χ0v) is 16.1. The minimum Gasteiger partial charge on any atom is -0.493 e. The third-order valence-corrected chi connectivity index (χ3v) is 4.32. The number of imide groups is 1. The van der Waals surface area contributed by atoms with Crippen molar-refractivity contribution in [1.82, 2.24) is 4.90 Å². The summed E-state index contributed by atoms with van der Waals surface area (Å²) in [6.45, 7) is -0.417. The number of benzene rings is 2. The van der Waals surface area contributed by atoms with Gasteiger partial charge in [-0.2, -0.15) is 0 Å². The van der Waals surface area contributed by atoms with Crippen molar-refractivity contribution in [3.63, 3.8) is 0 Å². The van der Waals surface area contributed by atoms with E-state index in [9.17, 15) is 19.2 Å². The molecule has 1 aliphatic rings. The van der Waals surface area contributed by atoms with Gasteiger partial charge in [0.2, 0.25) is 0 Å². The first-order valence-corrected chi connectivity index (χ1v) is 8.57. The molecule has 9 nitrogen and oxygen atoms in total. The molecule has 0 aromatic heterocycles. The summed E-state index contributed by atoms with van der Waals surface area (Å²) in [7, 11) is 2.51. The number of nitrogens with zero attached hydrogens (tertiary/aromatic N) is 1. The quantitative estimate of drug-likeness (QED) is 0.440. The summed E-state index contributed by atoms with van der Waals surface area (Å²) in [6, 6.07) is 8.99. The molecule has 3 rings (SSSR count). The number of carbonyl (C=O) groups excluding carboxylic acids is 4. The Morgan fingerprint density at radius 3 is 2.23 bits per heavy atom. The van der Waals surface area contributed by atoms with Crippen molar-refractivity contribution in [3.8, 4) is 23.8 Å². The number of rotatable bonds is 6. The smallest absolute Gasteiger partial charge is 0.340 e. The number of hydrogen-bond acceptors (Lipinski definition) is 7. The highest BCUT2D eigenvalue weighted by molar-refractivity contribution is 6.21. The molecule has 0 unspecified atom stereocenters. The maximum atomic E-state index is 12.5. The summed E-state index contributed by atoms with van der Waals surface area (Å²) in [5.41, 5.74) is 0.551. The van der Waals surface area contributed by atoms with E-state index in [1.807, 2.05) is 5.92 Å². The molecule has 3 amide bonds. The normalized spacial score (nSPS) is 12.1. The van der Waals surface area contributed by atoms with Crippen LogP contribution in [0.4, 0.5) is 5.69 Å². The second kappa shape index (κ2) is 8.36. The average molecular weight is 408 g/mol. The lowest BCUT2D eigenvalue weighted by Crippen LogP contribution is -2.33. The molecule has 1 heterocycles. The van der Waals surface area contributed by atoms with Gasteiger partial charge in [0.1, 0.15) is 0 Å². The Morgan fingerprint density at radius 1 is 1.07 bits per heavy atom. The number of terminal acetylenes is 1. The summed E-state index contributed by atoms with van der Waals surface area (Å²) in [5, 5.41) is 2.37. The fourth-order valence-corrected chi connectivity index (χ4v) is 2.86. The lowest BCUT2D eigenvalue weighted by Gasteiger charge is -2.18. The molecule has 0 spiro atoms. The van der Waals surface area contributed by atoms with Crippen LogP contribution in [0.3, 0.4) is 0 Å². The Hall–Kier alpha value is -4.32. The van der Waals surface area contributed by atoms with Crippen LogP contribution in [-0.4, -0.2) is 49.5 Å². The summed E-state index contributed by atoms with van der Waals surface area (Å²) in [4.78, 5) is 49.5. The molecule has 152 valence electrons. The third kappa shape index (κ3) is 3.66. The second-order valence-corrected chi connectivity index (χ2v) is 6.00. The number of hydrogen-bond donors (Lipinski definition) is 1. The predicted molar refractivity (Wildman–Crippen MR) is 104 cm³/mol. The van der Waals surface area contributed by atoms with Crippen LogP contribution in [0.1, 0.15) is 31.1 Å². The number of carbonyl (C=O) groups is 4. The average Bonchev–Trinajstić information content (AvgIpc) is 3.01. The monoisotopic (exact) mass is 408 g/mol. The molecule has 0 saturated carbocycles. The first kappa shape index (κ1) is 20.4. The van der Waals surface area contributed by atoms with E-state index in [4.69, 9.17) is 20.6 Å². The molecule has 9 heteroatoms. The Labute approximate surface area is 171 Å². The van der Waals surface area contributed by atoms with Crippen molar-refractivity contribution in [2.45, 2.75) is 0 Å². The molecule has 0 atom stereocenters. The van der Waals surface area contributed by atoms with Crippen LogP contribution >= 0.6 is 0 Å². The molecule has 1 aliphatic heterocycles. The number of nitrogens with one attached hydrogen (secondary N) is 1. The van der Waals surface area contributed by atoms with Gasteiger partial charge in [0.25, 0.3) is 17.7 Å². The summed E-state index contributed by atoms with van der Waals surface area (Å²) in [6.07, 6.45) is 5.06. The molecular weight excluding hydrogens is 392 g/mol. The summed E-state index contributed by atoms with van der Waals surface area (Å²) >= 11 is 0. The van der Waals surface area contributed by atoms with Gasteiger partial charge >= 0.3 is 5.97 Å². The minimum absolute atomic E-state index is 0.0492. The van der Waals surface area contributed by atoms with Gasteiger partial charge in [-0.05, 0) is 18.1 Å². The fourth-order valence-electron chi connectivity index (χ4n) is 2.86. The Kier molecular flexibility index (Phi) is 5.69. The van der Waals surface area contributed by atoms with E-state index in [1.54, 1.807) is 24.3 Å². The van der Waals surface area contributed by atoms with Crippen molar-refractivity contribution >= 4 is 29.4 Å². The highest BCUT2D eigenvalue weighted by atomic mass is 16.5. The lowest BCUT2D eigenvalue weighted by molar-refractivity contribution is -0.111. The van der Waals surface area contributed by atoms with Gasteiger partial charge in [-0.15, -0.1) is 6.42 Å². The van der Waals surface area contributed by atoms with Crippen LogP contribution in [0.5, 0.6) is 11.5 Å². The molecule has 0 saturated heterocycles. The number of esters is 1. The van der Waals surface area contributed by atoms with Gasteiger partial charge in [0.15, 0.2) is 18.2 Å². The van der Waals surface area contributed by atoms with Crippen LogP contribution in [0.15, 0.2) is 36.4 Å². The van der Waals surface area contributed by atoms with Crippen LogP contribution in [0.25, 0.3) is 0 Å². The summed E-state index contributed by atoms with van der Waals surface area (Å²) in [5.74, 6) is -0.488. The third-order valence-electron chi connectivity index (χ3n) is 4.32. The first-order chi connectivity index (χ1) is 14.4. The molecule has 2 aromatic rings. The first-order valence-electron chi connectivity index (χ1n) is 8.57. The van der Waals surface area contributed by atoms with Crippen LogP contribution in [0.2, 0.25) is 0 Å². The van der Waals surface area contributed by atoms with Crippen molar-refractivity contribution in [1.29, 1.82) is 0 Å². The van der Waals surface area contributed by atoms with Gasteiger partial charge in [-0.3, -0.25) is 14.4 Å². The number of ether oxygens (including phenoxy) is 3. The van der Waals surface area contributed by atoms with Crippen LogP contribution < -0.4 is 14.8 Å². The topological polar surface area (TPSA) is 111 Å². The molecule has 2 aromatic carbocycles.